The number of ketones is 1. The Bertz CT molecular complexity index is 533. The van der Waals surface area contributed by atoms with Crippen LogP contribution in [0.15, 0.2) is 0 Å². The number of rotatable bonds is 2. The molecule has 4 aliphatic heterocycles. The van der Waals surface area contributed by atoms with E-state index < -0.39 is 36.4 Å². The van der Waals surface area contributed by atoms with Gasteiger partial charge in [-0.2, -0.15) is 0 Å². The molecular weight excluding hydrogens is 344 g/mol. The van der Waals surface area contributed by atoms with E-state index in [-0.39, 0.29) is 24.1 Å². The predicted molar refractivity (Wildman–Crippen MR) is 89.0 cm³/mol. The lowest BCUT2D eigenvalue weighted by Gasteiger charge is -2.22. The molecule has 0 aliphatic carbocycles. The number of aliphatic hydroxyl groups is 1. The number of aliphatic hydroxyl groups excluding tert-OH is 1. The van der Waals surface area contributed by atoms with Gasteiger partial charge >= 0.3 is 0 Å². The molecule has 0 saturated carbocycles. The molecule has 0 aromatic heterocycles. The maximum atomic E-state index is 11.6. The normalized spacial score (nSPS) is 45.2. The zero-order chi connectivity index (χ0) is 19.3. The van der Waals surface area contributed by atoms with Crippen molar-refractivity contribution in [1.82, 2.24) is 0 Å². The van der Waals surface area contributed by atoms with Gasteiger partial charge < -0.3 is 33.5 Å². The number of carbonyl (C=O) groups is 1. The Balaban J connectivity index is 0.000000151. The number of fused-ring (bicyclic) bond motifs is 2. The smallest absolute Gasteiger partial charge is 0.195 e. The fourth-order valence-electron chi connectivity index (χ4n) is 3.63. The molecule has 8 heteroatoms. The van der Waals surface area contributed by atoms with Crippen LogP contribution < -0.4 is 0 Å². The van der Waals surface area contributed by atoms with Crippen molar-refractivity contribution in [2.45, 2.75) is 109 Å². The average Bonchev–Trinajstić information content (AvgIpc) is 3.20. The molecule has 0 bridgehead atoms. The fraction of sp³-hybridized carbons (Fsp3) is 0.944. The zero-order valence-electron chi connectivity index (χ0n) is 16.3. The molecule has 1 N–H and O–H groups in total. The van der Waals surface area contributed by atoms with Gasteiger partial charge in [0.1, 0.15) is 18.3 Å². The van der Waals surface area contributed by atoms with Crippen LogP contribution >= 0.6 is 0 Å². The van der Waals surface area contributed by atoms with E-state index in [4.69, 9.17) is 28.4 Å². The second-order valence-electron chi connectivity index (χ2n) is 7.90. The van der Waals surface area contributed by atoms with Gasteiger partial charge in [0.25, 0.3) is 0 Å². The monoisotopic (exact) mass is 374 g/mol. The molecule has 4 fully saturated rings. The molecule has 0 radical (unpaired) electrons. The summed E-state index contributed by atoms with van der Waals surface area (Å²) < 4.78 is 32.7. The van der Waals surface area contributed by atoms with E-state index in [9.17, 15) is 9.90 Å². The standard InChI is InChI=1S/C9H16O4.C9H14O4/c2*1-4-5-6(10)7-8(11-5)13-9(2,3)12-7/h5-8,10H,4H2,1-3H3;5,7-8H,4H2,1-3H3/t5-,6+,7-,8-;5-,7-,8-/m11/s1. The van der Waals surface area contributed by atoms with Crippen LogP contribution in [-0.2, 0) is 33.2 Å². The first-order valence-electron chi connectivity index (χ1n) is 9.31. The zero-order valence-corrected chi connectivity index (χ0v) is 16.3. The third-order valence-electron chi connectivity index (χ3n) is 4.84. The summed E-state index contributed by atoms with van der Waals surface area (Å²) in [5.74, 6) is -1.31. The van der Waals surface area contributed by atoms with Crippen LogP contribution in [0, 0.1) is 0 Å². The number of Topliss-reactive ketones (excluding diaryl/α,β-unsaturated/α-hetero) is 1. The van der Waals surface area contributed by atoms with Crippen LogP contribution in [0.2, 0.25) is 0 Å². The Morgan fingerprint density at radius 3 is 2.04 bits per heavy atom. The first-order chi connectivity index (χ1) is 12.1. The average molecular weight is 374 g/mol. The van der Waals surface area contributed by atoms with Crippen LogP contribution in [0.25, 0.3) is 0 Å². The van der Waals surface area contributed by atoms with Crippen molar-refractivity contribution in [3.63, 3.8) is 0 Å². The van der Waals surface area contributed by atoms with Crippen LogP contribution in [0.5, 0.6) is 0 Å². The molecule has 4 saturated heterocycles. The Kier molecular flexibility index (Phi) is 5.49. The molecule has 0 amide bonds. The fourth-order valence-corrected chi connectivity index (χ4v) is 3.63. The summed E-state index contributed by atoms with van der Waals surface area (Å²) in [5.41, 5.74) is 0. The highest BCUT2D eigenvalue weighted by Crippen LogP contribution is 2.38. The third kappa shape index (κ3) is 3.82. The second-order valence-corrected chi connectivity index (χ2v) is 7.90. The topological polar surface area (TPSA) is 92.7 Å². The van der Waals surface area contributed by atoms with Crippen molar-refractivity contribution < 1.29 is 38.3 Å². The SMILES string of the molecule is CC[C@H]1O[C@@H]2OC(C)(C)O[C@@H]2C1=O.CC[C@H]1O[C@@H]2OC(C)(C)O[C@@H]2[C@H]1O. The quantitative estimate of drug-likeness (QED) is 0.777. The Hall–Kier alpha value is -0.610. The highest BCUT2D eigenvalue weighted by atomic mass is 16.8. The summed E-state index contributed by atoms with van der Waals surface area (Å²) in [6, 6.07) is 0. The molecule has 7 atom stereocenters. The predicted octanol–water partition coefficient (Wildman–Crippen LogP) is 1.48. The molecule has 4 heterocycles. The van der Waals surface area contributed by atoms with Gasteiger partial charge in [-0.3, -0.25) is 4.79 Å². The minimum Gasteiger partial charge on any atom is -0.387 e. The van der Waals surface area contributed by atoms with Gasteiger partial charge in [-0.05, 0) is 40.5 Å². The Morgan fingerprint density at radius 2 is 1.50 bits per heavy atom. The first kappa shape index (κ1) is 20.1. The van der Waals surface area contributed by atoms with E-state index in [1.807, 2.05) is 27.7 Å². The lowest BCUT2D eigenvalue weighted by Crippen LogP contribution is -2.34. The summed E-state index contributed by atoms with van der Waals surface area (Å²) in [5, 5.41) is 9.76. The van der Waals surface area contributed by atoms with E-state index in [1.54, 1.807) is 13.8 Å². The molecular formula is C18H30O8. The first-order valence-corrected chi connectivity index (χ1v) is 9.31. The van der Waals surface area contributed by atoms with E-state index >= 15 is 0 Å². The largest absolute Gasteiger partial charge is 0.387 e. The number of hydrogen-bond acceptors (Lipinski definition) is 8. The van der Waals surface area contributed by atoms with Crippen molar-refractivity contribution in [2.75, 3.05) is 0 Å². The minimum absolute atomic E-state index is 0.0121. The number of ether oxygens (including phenoxy) is 6. The maximum absolute atomic E-state index is 11.6. The minimum atomic E-state index is -0.691. The summed E-state index contributed by atoms with van der Waals surface area (Å²) in [7, 11) is 0. The van der Waals surface area contributed by atoms with Gasteiger partial charge in [-0.1, -0.05) is 13.8 Å². The van der Waals surface area contributed by atoms with Crippen LogP contribution in [-0.4, -0.2) is 65.6 Å². The molecule has 150 valence electrons. The van der Waals surface area contributed by atoms with Crippen molar-refractivity contribution >= 4 is 5.78 Å². The summed E-state index contributed by atoms with van der Waals surface area (Å²) >= 11 is 0. The summed E-state index contributed by atoms with van der Waals surface area (Å²) in [6.07, 6.45) is -1.31. The summed E-state index contributed by atoms with van der Waals surface area (Å²) in [4.78, 5) is 11.6. The van der Waals surface area contributed by atoms with E-state index in [2.05, 4.69) is 0 Å². The van der Waals surface area contributed by atoms with Gasteiger partial charge in [0.15, 0.2) is 36.0 Å². The lowest BCUT2D eigenvalue weighted by molar-refractivity contribution is -0.214. The molecule has 26 heavy (non-hydrogen) atoms. The van der Waals surface area contributed by atoms with Crippen LogP contribution in [0.4, 0.5) is 0 Å². The highest BCUT2D eigenvalue weighted by Gasteiger charge is 2.54. The van der Waals surface area contributed by atoms with Crippen molar-refractivity contribution in [2.24, 2.45) is 0 Å². The Morgan fingerprint density at radius 1 is 0.885 bits per heavy atom. The molecule has 0 unspecified atom stereocenters. The molecule has 4 aliphatic rings. The highest BCUT2D eigenvalue weighted by molar-refractivity contribution is 5.89. The van der Waals surface area contributed by atoms with Crippen LogP contribution in [0.3, 0.4) is 0 Å². The van der Waals surface area contributed by atoms with Gasteiger partial charge in [0, 0.05) is 0 Å². The number of hydrogen-bond donors (Lipinski definition) is 1. The second kappa shape index (κ2) is 7.09. The van der Waals surface area contributed by atoms with E-state index in [0.29, 0.717) is 6.42 Å². The lowest BCUT2D eigenvalue weighted by atomic mass is 10.1. The van der Waals surface area contributed by atoms with Gasteiger partial charge in [0.05, 0.1) is 6.10 Å². The molecule has 0 spiro atoms. The molecule has 4 rings (SSSR count). The molecule has 8 nitrogen and oxygen atoms in total. The summed E-state index contributed by atoms with van der Waals surface area (Å²) in [6.45, 7) is 11.1. The van der Waals surface area contributed by atoms with Crippen LogP contribution in [0.1, 0.15) is 54.4 Å². The van der Waals surface area contributed by atoms with E-state index in [0.717, 1.165) is 6.42 Å². The third-order valence-corrected chi connectivity index (χ3v) is 4.84. The van der Waals surface area contributed by atoms with Gasteiger partial charge in [0.2, 0.25) is 0 Å². The number of carbonyl (C=O) groups excluding carboxylic acids is 1. The maximum Gasteiger partial charge on any atom is 0.195 e. The van der Waals surface area contributed by atoms with Gasteiger partial charge in [-0.25, -0.2) is 0 Å². The van der Waals surface area contributed by atoms with Crippen molar-refractivity contribution in [1.29, 1.82) is 0 Å². The van der Waals surface area contributed by atoms with E-state index in [1.165, 1.54) is 0 Å². The Labute approximate surface area is 154 Å². The van der Waals surface area contributed by atoms with Crippen molar-refractivity contribution in [3.05, 3.63) is 0 Å². The molecule has 0 aromatic rings. The van der Waals surface area contributed by atoms with Gasteiger partial charge in [-0.15, -0.1) is 0 Å². The molecule has 0 aromatic carbocycles. The van der Waals surface area contributed by atoms with Crippen molar-refractivity contribution in [3.8, 4) is 0 Å².